The number of benzene rings is 1. The molecule has 1 saturated heterocycles. The summed E-state index contributed by atoms with van der Waals surface area (Å²) in [4.78, 5) is 14.1. The Bertz CT molecular complexity index is 598. The van der Waals surface area contributed by atoms with E-state index in [1.165, 1.54) is 0 Å². The molecule has 96 valence electrons. The molecule has 2 aromatic rings. The summed E-state index contributed by atoms with van der Waals surface area (Å²) >= 11 is 0. The van der Waals surface area contributed by atoms with Gasteiger partial charge in [0, 0.05) is 32.2 Å². The van der Waals surface area contributed by atoms with Crippen LogP contribution < -0.4 is 11.1 Å². The van der Waals surface area contributed by atoms with Crippen molar-refractivity contribution in [1.82, 2.24) is 14.8 Å². The van der Waals surface area contributed by atoms with Crippen LogP contribution in [0.3, 0.4) is 0 Å². The number of fused-ring (bicyclic) bond motifs is 1. The Morgan fingerprint density at radius 1 is 1.44 bits per heavy atom. The second kappa shape index (κ2) is 4.59. The van der Waals surface area contributed by atoms with Crippen LogP contribution in [0.15, 0.2) is 33.5 Å². The van der Waals surface area contributed by atoms with Gasteiger partial charge in [-0.3, -0.25) is 9.47 Å². The first-order valence-corrected chi connectivity index (χ1v) is 6.25. The highest BCUT2D eigenvalue weighted by Crippen LogP contribution is 2.12. The molecule has 1 aromatic heterocycles. The SMILES string of the molecule is CN(CCn1c(=O)oc2ccccc21)C1CNC1. The molecule has 0 amide bonds. The van der Waals surface area contributed by atoms with Gasteiger partial charge in [0.2, 0.25) is 0 Å². The molecule has 5 nitrogen and oxygen atoms in total. The molecule has 0 saturated carbocycles. The van der Waals surface area contributed by atoms with Crippen molar-refractivity contribution < 1.29 is 4.42 Å². The molecule has 0 radical (unpaired) electrons. The predicted molar refractivity (Wildman–Crippen MR) is 69.8 cm³/mol. The van der Waals surface area contributed by atoms with Crippen molar-refractivity contribution in [1.29, 1.82) is 0 Å². The van der Waals surface area contributed by atoms with Crippen LogP contribution in [-0.2, 0) is 6.54 Å². The molecule has 1 aromatic carbocycles. The van der Waals surface area contributed by atoms with E-state index in [9.17, 15) is 4.79 Å². The molecule has 1 aliphatic rings. The quantitative estimate of drug-likeness (QED) is 0.854. The summed E-state index contributed by atoms with van der Waals surface area (Å²) in [5.41, 5.74) is 1.54. The van der Waals surface area contributed by atoms with Crippen LogP contribution in [0.5, 0.6) is 0 Å². The van der Waals surface area contributed by atoms with Crippen molar-refractivity contribution in [2.24, 2.45) is 0 Å². The van der Waals surface area contributed by atoms with Crippen molar-refractivity contribution in [3.8, 4) is 0 Å². The number of hydrogen-bond donors (Lipinski definition) is 1. The first-order valence-electron chi connectivity index (χ1n) is 6.25. The van der Waals surface area contributed by atoms with E-state index >= 15 is 0 Å². The molecule has 1 aliphatic heterocycles. The number of para-hydroxylation sites is 2. The van der Waals surface area contributed by atoms with Gasteiger partial charge in [-0.1, -0.05) is 12.1 Å². The minimum Gasteiger partial charge on any atom is -0.408 e. The van der Waals surface area contributed by atoms with Gasteiger partial charge in [-0.15, -0.1) is 0 Å². The third kappa shape index (κ3) is 1.95. The van der Waals surface area contributed by atoms with E-state index < -0.39 is 0 Å². The zero-order valence-corrected chi connectivity index (χ0v) is 10.4. The topological polar surface area (TPSA) is 50.4 Å². The summed E-state index contributed by atoms with van der Waals surface area (Å²) in [5, 5.41) is 3.25. The molecule has 1 fully saturated rings. The average Bonchev–Trinajstić information content (AvgIpc) is 2.60. The van der Waals surface area contributed by atoms with Crippen LogP contribution >= 0.6 is 0 Å². The highest BCUT2D eigenvalue weighted by atomic mass is 16.4. The molecule has 18 heavy (non-hydrogen) atoms. The molecule has 3 rings (SSSR count). The van der Waals surface area contributed by atoms with Crippen LogP contribution in [0, 0.1) is 0 Å². The van der Waals surface area contributed by atoms with Gasteiger partial charge in [0.1, 0.15) is 0 Å². The normalized spacial score (nSPS) is 16.3. The number of oxazole rings is 1. The van der Waals surface area contributed by atoms with Crippen molar-refractivity contribution in [3.05, 3.63) is 34.8 Å². The zero-order chi connectivity index (χ0) is 12.5. The first kappa shape index (κ1) is 11.5. The Morgan fingerprint density at radius 2 is 2.22 bits per heavy atom. The lowest BCUT2D eigenvalue weighted by atomic mass is 10.1. The number of hydrogen-bond acceptors (Lipinski definition) is 4. The minimum atomic E-state index is -0.267. The Morgan fingerprint density at radius 3 is 2.94 bits per heavy atom. The second-order valence-corrected chi connectivity index (χ2v) is 4.78. The summed E-state index contributed by atoms with van der Waals surface area (Å²) < 4.78 is 6.91. The summed E-state index contributed by atoms with van der Waals surface area (Å²) in [6.07, 6.45) is 0. The van der Waals surface area contributed by atoms with Gasteiger partial charge in [-0.25, -0.2) is 4.79 Å². The van der Waals surface area contributed by atoms with E-state index in [0.717, 1.165) is 25.2 Å². The molecule has 0 atom stereocenters. The van der Waals surface area contributed by atoms with Gasteiger partial charge < -0.3 is 9.73 Å². The average molecular weight is 247 g/mol. The lowest BCUT2D eigenvalue weighted by molar-refractivity contribution is 0.174. The van der Waals surface area contributed by atoms with E-state index in [1.54, 1.807) is 4.57 Å². The van der Waals surface area contributed by atoms with E-state index in [0.29, 0.717) is 18.2 Å². The fraction of sp³-hybridized carbons (Fsp3) is 0.462. The van der Waals surface area contributed by atoms with Gasteiger partial charge >= 0.3 is 5.76 Å². The van der Waals surface area contributed by atoms with Crippen molar-refractivity contribution in [2.75, 3.05) is 26.7 Å². The zero-order valence-electron chi connectivity index (χ0n) is 10.4. The van der Waals surface area contributed by atoms with Crippen LogP contribution in [0.25, 0.3) is 11.1 Å². The van der Waals surface area contributed by atoms with E-state index in [1.807, 2.05) is 24.3 Å². The number of rotatable bonds is 4. The summed E-state index contributed by atoms with van der Waals surface area (Å²) in [7, 11) is 2.10. The van der Waals surface area contributed by atoms with Gasteiger partial charge in [0.15, 0.2) is 5.58 Å². The van der Waals surface area contributed by atoms with Crippen molar-refractivity contribution in [2.45, 2.75) is 12.6 Å². The predicted octanol–water partition coefficient (Wildman–Crippen LogP) is 0.498. The highest BCUT2D eigenvalue weighted by Gasteiger charge is 2.21. The largest absolute Gasteiger partial charge is 0.419 e. The van der Waals surface area contributed by atoms with Crippen molar-refractivity contribution in [3.63, 3.8) is 0 Å². The number of nitrogens with zero attached hydrogens (tertiary/aromatic N) is 2. The molecule has 2 heterocycles. The van der Waals surface area contributed by atoms with Gasteiger partial charge in [0.25, 0.3) is 0 Å². The Labute approximate surface area is 105 Å². The molecule has 0 aliphatic carbocycles. The first-order chi connectivity index (χ1) is 8.75. The van der Waals surface area contributed by atoms with E-state index in [4.69, 9.17) is 4.42 Å². The number of nitrogens with one attached hydrogen (secondary N) is 1. The summed E-state index contributed by atoms with van der Waals surface area (Å²) in [6.45, 7) is 3.60. The fourth-order valence-corrected chi connectivity index (χ4v) is 2.25. The fourth-order valence-electron chi connectivity index (χ4n) is 2.25. The van der Waals surface area contributed by atoms with Crippen LogP contribution in [0.2, 0.25) is 0 Å². The maximum absolute atomic E-state index is 11.8. The van der Waals surface area contributed by atoms with Gasteiger partial charge in [-0.05, 0) is 19.2 Å². The Hall–Kier alpha value is -1.59. The summed E-state index contributed by atoms with van der Waals surface area (Å²) in [5.74, 6) is -0.267. The summed E-state index contributed by atoms with van der Waals surface area (Å²) in [6, 6.07) is 8.14. The van der Waals surface area contributed by atoms with E-state index in [2.05, 4.69) is 17.3 Å². The molecule has 0 unspecified atom stereocenters. The standard InChI is InChI=1S/C13H17N3O2/c1-15(10-8-14-9-10)6-7-16-11-4-2-3-5-12(11)18-13(16)17/h2-5,10,14H,6-9H2,1H3. The Balaban J connectivity index is 1.77. The molecule has 0 spiro atoms. The van der Waals surface area contributed by atoms with E-state index in [-0.39, 0.29) is 5.76 Å². The van der Waals surface area contributed by atoms with Gasteiger partial charge in [-0.2, -0.15) is 0 Å². The number of likely N-dealkylation sites (N-methyl/N-ethyl adjacent to an activating group) is 1. The molecule has 0 bridgehead atoms. The second-order valence-electron chi connectivity index (χ2n) is 4.78. The maximum Gasteiger partial charge on any atom is 0.419 e. The van der Waals surface area contributed by atoms with Gasteiger partial charge in [0.05, 0.1) is 5.52 Å². The maximum atomic E-state index is 11.8. The van der Waals surface area contributed by atoms with Crippen molar-refractivity contribution >= 4 is 11.1 Å². The lowest BCUT2D eigenvalue weighted by Crippen LogP contribution is -2.56. The molecular weight excluding hydrogens is 230 g/mol. The lowest BCUT2D eigenvalue weighted by Gasteiger charge is -2.35. The Kier molecular flexibility index (Phi) is 2.93. The van der Waals surface area contributed by atoms with Crippen LogP contribution in [-0.4, -0.2) is 42.2 Å². The van der Waals surface area contributed by atoms with Crippen LogP contribution in [0.4, 0.5) is 0 Å². The third-order valence-corrected chi connectivity index (χ3v) is 3.63. The molecular formula is C13H17N3O2. The van der Waals surface area contributed by atoms with Crippen LogP contribution in [0.1, 0.15) is 0 Å². The third-order valence-electron chi connectivity index (χ3n) is 3.63. The number of aromatic nitrogens is 1. The smallest absolute Gasteiger partial charge is 0.408 e. The monoisotopic (exact) mass is 247 g/mol. The highest BCUT2D eigenvalue weighted by molar-refractivity contribution is 5.72. The minimum absolute atomic E-state index is 0.267. The molecule has 1 N–H and O–H groups in total. The molecule has 5 heteroatoms.